The summed E-state index contributed by atoms with van der Waals surface area (Å²) in [5.41, 5.74) is 0.774. The van der Waals surface area contributed by atoms with Crippen LogP contribution in [0.2, 0.25) is 5.02 Å². The largest absolute Gasteiger partial charge is 0.495 e. The van der Waals surface area contributed by atoms with Crippen LogP contribution in [0.4, 0.5) is 5.69 Å². The Kier molecular flexibility index (Phi) is 6.21. The molecule has 1 aromatic carbocycles. The van der Waals surface area contributed by atoms with E-state index in [0.717, 1.165) is 25.1 Å². The molecule has 1 amide bonds. The van der Waals surface area contributed by atoms with Gasteiger partial charge in [0.05, 0.1) is 18.8 Å². The highest BCUT2D eigenvalue weighted by atomic mass is 35.5. The second-order valence-electron chi connectivity index (χ2n) is 6.91. The fourth-order valence-corrected chi connectivity index (χ4v) is 3.39. The molecule has 0 spiro atoms. The predicted molar refractivity (Wildman–Crippen MR) is 103 cm³/mol. The number of benzene rings is 1. The van der Waals surface area contributed by atoms with Crippen LogP contribution in [0.15, 0.2) is 22.7 Å². The molecule has 0 saturated carbocycles. The lowest BCUT2D eigenvalue weighted by Gasteiger charge is -2.22. The van der Waals surface area contributed by atoms with E-state index in [1.165, 1.54) is 0 Å². The van der Waals surface area contributed by atoms with Crippen molar-refractivity contribution in [2.75, 3.05) is 25.5 Å². The Morgan fingerprint density at radius 3 is 3.00 bits per heavy atom. The zero-order chi connectivity index (χ0) is 19.4. The highest BCUT2D eigenvalue weighted by molar-refractivity contribution is 6.30. The van der Waals surface area contributed by atoms with Crippen LogP contribution in [0.1, 0.15) is 56.8 Å². The van der Waals surface area contributed by atoms with E-state index in [4.69, 9.17) is 20.9 Å². The molecule has 1 atom stereocenters. The third-order valence-electron chi connectivity index (χ3n) is 4.64. The van der Waals surface area contributed by atoms with Crippen molar-refractivity contribution in [2.45, 2.75) is 45.1 Å². The number of carbonyl (C=O) groups is 1. The Morgan fingerprint density at radius 1 is 1.48 bits per heavy atom. The van der Waals surface area contributed by atoms with Crippen molar-refractivity contribution in [3.8, 4) is 5.75 Å². The molecule has 1 aliphatic heterocycles. The maximum absolute atomic E-state index is 12.7. The fourth-order valence-electron chi connectivity index (χ4n) is 3.22. The number of hydrogen-bond donors (Lipinski definition) is 1. The van der Waals surface area contributed by atoms with E-state index >= 15 is 0 Å². The molecule has 0 aliphatic carbocycles. The van der Waals surface area contributed by atoms with Gasteiger partial charge in [-0.3, -0.25) is 4.79 Å². The number of nitrogens with zero attached hydrogens (tertiary/aromatic N) is 3. The monoisotopic (exact) mass is 392 g/mol. The fraction of sp³-hybridized carbons (Fsp3) is 0.526. The number of nitrogens with one attached hydrogen (secondary N) is 1. The maximum atomic E-state index is 12.7. The molecule has 1 aromatic heterocycles. The minimum Gasteiger partial charge on any atom is -0.495 e. The molecular weight excluding hydrogens is 368 g/mol. The number of aromatic nitrogens is 2. The second kappa shape index (κ2) is 8.61. The van der Waals surface area contributed by atoms with E-state index in [2.05, 4.69) is 15.5 Å². The molecule has 7 nitrogen and oxygen atoms in total. The molecule has 1 aliphatic rings. The first-order chi connectivity index (χ1) is 13.0. The van der Waals surface area contributed by atoms with Gasteiger partial charge in [0.1, 0.15) is 5.75 Å². The van der Waals surface area contributed by atoms with Crippen LogP contribution in [-0.2, 0) is 4.79 Å². The number of halogens is 1. The first-order valence-electron chi connectivity index (χ1n) is 9.20. The number of carbonyl (C=O) groups excluding carboxylic acids is 1. The average molecular weight is 393 g/mol. The van der Waals surface area contributed by atoms with Crippen LogP contribution in [0.25, 0.3) is 0 Å². The van der Waals surface area contributed by atoms with E-state index < -0.39 is 0 Å². The molecule has 8 heteroatoms. The van der Waals surface area contributed by atoms with Crippen LogP contribution in [-0.4, -0.2) is 41.1 Å². The summed E-state index contributed by atoms with van der Waals surface area (Å²) in [6.45, 7) is 5.22. The van der Waals surface area contributed by atoms with E-state index in [9.17, 15) is 4.79 Å². The molecule has 0 unspecified atom stereocenters. The van der Waals surface area contributed by atoms with Gasteiger partial charge in [0, 0.05) is 30.5 Å². The standard InChI is InChI=1S/C19H25ClN4O3/c1-12(2)19-22-18(23-27-19)15-5-4-10-24(15)17(25)8-9-21-14-11-13(20)6-7-16(14)26-3/h6-7,11-12,15,21H,4-5,8-10H2,1-3H3/t15-/m1/s1. The van der Waals surface area contributed by atoms with Crippen molar-refractivity contribution in [3.05, 3.63) is 34.9 Å². The Labute approximate surface area is 164 Å². The van der Waals surface area contributed by atoms with Gasteiger partial charge in [0.25, 0.3) is 0 Å². The number of rotatable bonds is 7. The summed E-state index contributed by atoms with van der Waals surface area (Å²) in [7, 11) is 1.60. The normalized spacial score (nSPS) is 16.8. The van der Waals surface area contributed by atoms with Crippen LogP contribution in [0, 0.1) is 0 Å². The minimum atomic E-state index is -0.102. The summed E-state index contributed by atoms with van der Waals surface area (Å²) >= 11 is 6.04. The van der Waals surface area contributed by atoms with Gasteiger partial charge < -0.3 is 19.5 Å². The van der Waals surface area contributed by atoms with E-state index in [-0.39, 0.29) is 17.9 Å². The summed E-state index contributed by atoms with van der Waals surface area (Å²) in [6.07, 6.45) is 2.16. The van der Waals surface area contributed by atoms with Crippen molar-refractivity contribution >= 4 is 23.2 Å². The van der Waals surface area contributed by atoms with Gasteiger partial charge in [-0.25, -0.2) is 0 Å². The van der Waals surface area contributed by atoms with Gasteiger partial charge in [0.2, 0.25) is 11.8 Å². The predicted octanol–water partition coefficient (Wildman–Crippen LogP) is 4.02. The lowest BCUT2D eigenvalue weighted by molar-refractivity contribution is -0.132. The zero-order valence-electron chi connectivity index (χ0n) is 15.9. The van der Waals surface area contributed by atoms with Gasteiger partial charge in [-0.15, -0.1) is 0 Å². The lowest BCUT2D eigenvalue weighted by atomic mass is 10.2. The SMILES string of the molecule is COc1ccc(Cl)cc1NCCC(=O)N1CCC[C@@H]1c1noc(C(C)C)n1. The number of amides is 1. The molecule has 2 aromatic rings. The van der Waals surface area contributed by atoms with Crippen LogP contribution >= 0.6 is 11.6 Å². The topological polar surface area (TPSA) is 80.5 Å². The Morgan fingerprint density at radius 2 is 2.30 bits per heavy atom. The Balaban J connectivity index is 1.59. The van der Waals surface area contributed by atoms with Gasteiger partial charge in [-0.05, 0) is 31.0 Å². The van der Waals surface area contributed by atoms with Gasteiger partial charge in [0.15, 0.2) is 5.82 Å². The Bertz CT molecular complexity index is 793. The summed E-state index contributed by atoms with van der Waals surface area (Å²) in [5.74, 6) is 2.16. The molecule has 3 rings (SSSR count). The molecule has 1 fully saturated rings. The molecule has 1 saturated heterocycles. The van der Waals surface area contributed by atoms with Crippen LogP contribution in [0.5, 0.6) is 5.75 Å². The quantitative estimate of drug-likeness (QED) is 0.766. The molecule has 1 N–H and O–H groups in total. The first kappa shape index (κ1) is 19.5. The van der Waals surface area contributed by atoms with E-state index in [1.807, 2.05) is 18.7 Å². The smallest absolute Gasteiger partial charge is 0.229 e. The van der Waals surface area contributed by atoms with Crippen LogP contribution in [0.3, 0.4) is 0 Å². The van der Waals surface area contributed by atoms with Crippen LogP contribution < -0.4 is 10.1 Å². The number of ether oxygens (including phenoxy) is 1. The molecular formula is C19H25ClN4O3. The summed E-state index contributed by atoms with van der Waals surface area (Å²) in [5, 5.41) is 7.93. The minimum absolute atomic E-state index is 0.0712. The number of hydrogen-bond acceptors (Lipinski definition) is 6. The van der Waals surface area contributed by atoms with Gasteiger partial charge >= 0.3 is 0 Å². The number of likely N-dealkylation sites (tertiary alicyclic amines) is 1. The molecule has 0 bridgehead atoms. The zero-order valence-corrected chi connectivity index (χ0v) is 16.6. The average Bonchev–Trinajstić information content (AvgIpc) is 3.31. The number of anilines is 1. The number of methoxy groups -OCH3 is 1. The third-order valence-corrected chi connectivity index (χ3v) is 4.87. The summed E-state index contributed by atoms with van der Waals surface area (Å²) in [6, 6.07) is 5.25. The van der Waals surface area contributed by atoms with Crippen molar-refractivity contribution < 1.29 is 14.1 Å². The van der Waals surface area contributed by atoms with E-state index in [1.54, 1.807) is 25.3 Å². The molecule has 2 heterocycles. The third kappa shape index (κ3) is 4.53. The summed E-state index contributed by atoms with van der Waals surface area (Å²) < 4.78 is 10.6. The van der Waals surface area contributed by atoms with Crippen molar-refractivity contribution in [3.63, 3.8) is 0 Å². The molecule has 27 heavy (non-hydrogen) atoms. The van der Waals surface area contributed by atoms with E-state index in [0.29, 0.717) is 35.5 Å². The summed E-state index contributed by atoms with van der Waals surface area (Å²) in [4.78, 5) is 19.0. The van der Waals surface area contributed by atoms with Gasteiger partial charge in [-0.2, -0.15) is 4.98 Å². The maximum Gasteiger partial charge on any atom is 0.229 e. The molecule has 146 valence electrons. The van der Waals surface area contributed by atoms with Crippen molar-refractivity contribution in [1.82, 2.24) is 15.0 Å². The first-order valence-corrected chi connectivity index (χ1v) is 9.57. The van der Waals surface area contributed by atoms with Crippen molar-refractivity contribution in [2.24, 2.45) is 0 Å². The molecule has 0 radical (unpaired) electrons. The Hall–Kier alpha value is -2.28. The highest BCUT2D eigenvalue weighted by Crippen LogP contribution is 2.32. The second-order valence-corrected chi connectivity index (χ2v) is 7.35. The van der Waals surface area contributed by atoms with Gasteiger partial charge in [-0.1, -0.05) is 30.6 Å². The lowest BCUT2D eigenvalue weighted by Crippen LogP contribution is -2.32. The highest BCUT2D eigenvalue weighted by Gasteiger charge is 2.33. The van der Waals surface area contributed by atoms with Crippen molar-refractivity contribution in [1.29, 1.82) is 0 Å².